The van der Waals surface area contributed by atoms with Crippen LogP contribution in [-0.2, 0) is 10.8 Å². The lowest BCUT2D eigenvalue weighted by Gasteiger charge is -2.22. The van der Waals surface area contributed by atoms with Crippen molar-refractivity contribution in [2.75, 3.05) is 0 Å². The van der Waals surface area contributed by atoms with Gasteiger partial charge in [0.1, 0.15) is 0 Å². The molecular weight excluding hydrogens is 649 g/mol. The van der Waals surface area contributed by atoms with Crippen molar-refractivity contribution in [1.82, 2.24) is 0 Å². The Balaban J connectivity index is 1.01. The smallest absolute Gasteiger partial charge is 0.0218 e. The van der Waals surface area contributed by atoms with Gasteiger partial charge < -0.3 is 0 Å². The second kappa shape index (κ2) is 9.57. The summed E-state index contributed by atoms with van der Waals surface area (Å²) in [4.78, 5) is 0. The highest BCUT2D eigenvalue weighted by atomic mass is 14.4. The van der Waals surface area contributed by atoms with Crippen LogP contribution in [0.1, 0.15) is 72.2 Å². The summed E-state index contributed by atoms with van der Waals surface area (Å²) in [6, 6.07) is 51.2. The van der Waals surface area contributed by atoms with E-state index in [2.05, 4.69) is 174 Å². The van der Waals surface area contributed by atoms with Gasteiger partial charge in [-0.2, -0.15) is 0 Å². The third-order valence-corrected chi connectivity index (χ3v) is 13.8. The second-order valence-electron chi connectivity index (χ2n) is 17.2. The molecule has 0 N–H and O–H groups in total. The van der Waals surface area contributed by atoms with Crippen molar-refractivity contribution in [2.45, 2.75) is 38.5 Å². The number of rotatable bonds is 2. The normalized spacial score (nSPS) is 15.9. The SMILES string of the molecule is CC1(C)c2ccccc2-c2ccc(-c3cccc4c3c3c(c5cc6c7c(c8c(-c9ccc%10c(c9)C(C)(C)c9ccccc9-%10)cccc8c6cc54)[CH]7)[CH]3)cc21. The highest BCUT2D eigenvalue weighted by Crippen LogP contribution is 2.55. The average Bonchev–Trinajstić information content (AvgIpc) is 4.14. The third kappa shape index (κ3) is 3.55. The van der Waals surface area contributed by atoms with Crippen LogP contribution < -0.4 is 0 Å². The Morgan fingerprint density at radius 2 is 0.704 bits per heavy atom. The summed E-state index contributed by atoms with van der Waals surface area (Å²) in [5, 5.41) is 10.9. The van der Waals surface area contributed by atoms with Gasteiger partial charge in [-0.25, -0.2) is 0 Å². The largest absolute Gasteiger partial charge is 0.0619 e. The fraction of sp³-hybridized carbons (Fsp3) is 0.111. The van der Waals surface area contributed by atoms with Crippen molar-refractivity contribution in [2.24, 2.45) is 0 Å². The summed E-state index contributed by atoms with van der Waals surface area (Å²) in [5.41, 5.74) is 22.0. The first-order chi connectivity index (χ1) is 26.3. The molecule has 13 rings (SSSR count). The van der Waals surface area contributed by atoms with Crippen LogP contribution in [0.5, 0.6) is 0 Å². The molecule has 0 saturated carbocycles. The van der Waals surface area contributed by atoms with E-state index in [4.69, 9.17) is 0 Å². The minimum atomic E-state index is -0.0286. The minimum absolute atomic E-state index is 0.0286. The topological polar surface area (TPSA) is 0 Å². The highest BCUT2D eigenvalue weighted by Gasteiger charge is 2.37. The zero-order valence-electron chi connectivity index (χ0n) is 30.9. The Kier molecular flexibility index (Phi) is 5.22. The molecule has 4 aliphatic rings. The van der Waals surface area contributed by atoms with Crippen molar-refractivity contribution in [3.8, 4) is 44.5 Å². The van der Waals surface area contributed by atoms with Gasteiger partial charge in [-0.1, -0.05) is 137 Å². The van der Waals surface area contributed by atoms with E-state index in [0.29, 0.717) is 0 Å². The molecule has 0 amide bonds. The summed E-state index contributed by atoms with van der Waals surface area (Å²) < 4.78 is 0. The number of fused-ring (bicyclic) bond motifs is 18. The lowest BCUT2D eigenvalue weighted by Crippen LogP contribution is -2.14. The molecule has 0 aromatic heterocycles. The first-order valence-electron chi connectivity index (χ1n) is 19.4. The zero-order valence-corrected chi connectivity index (χ0v) is 30.9. The molecule has 0 unspecified atom stereocenters. The summed E-state index contributed by atoms with van der Waals surface area (Å²) in [7, 11) is 0. The molecule has 0 heterocycles. The fourth-order valence-electron chi connectivity index (χ4n) is 10.9. The molecule has 0 atom stereocenters. The lowest BCUT2D eigenvalue weighted by molar-refractivity contribution is 0.660. The summed E-state index contributed by atoms with van der Waals surface area (Å²) in [5.74, 6) is 0. The maximum Gasteiger partial charge on any atom is 0.0218 e. The van der Waals surface area contributed by atoms with Crippen molar-refractivity contribution in [3.63, 3.8) is 0 Å². The van der Waals surface area contributed by atoms with Crippen molar-refractivity contribution in [3.05, 3.63) is 191 Å². The van der Waals surface area contributed by atoms with Crippen LogP contribution in [-0.4, -0.2) is 0 Å². The number of hydrogen-bond donors (Lipinski definition) is 0. The molecule has 0 saturated heterocycles. The van der Waals surface area contributed by atoms with Gasteiger partial charge in [-0.05, 0) is 156 Å². The van der Waals surface area contributed by atoms with Crippen LogP contribution in [0.25, 0.3) is 87.6 Å². The van der Waals surface area contributed by atoms with E-state index >= 15 is 0 Å². The Morgan fingerprint density at radius 3 is 1.19 bits per heavy atom. The number of hydrogen-bond acceptors (Lipinski definition) is 0. The van der Waals surface area contributed by atoms with Gasteiger partial charge in [-0.15, -0.1) is 0 Å². The fourth-order valence-corrected chi connectivity index (χ4v) is 10.9. The quantitative estimate of drug-likeness (QED) is 0.126. The zero-order chi connectivity index (χ0) is 35.8. The molecule has 0 heteroatoms. The van der Waals surface area contributed by atoms with E-state index in [0.717, 1.165) is 0 Å². The third-order valence-electron chi connectivity index (χ3n) is 13.8. The summed E-state index contributed by atoms with van der Waals surface area (Å²) >= 11 is 0. The lowest BCUT2D eigenvalue weighted by atomic mass is 9.81. The standard InChI is InChI=1S/C54H36/c1-53(2)47-17-7-5-11-33(47)35-21-19-29(23-49(35)53)31-13-9-15-37-39-25-40-38-16-10-14-32(30-20-22-36-34-12-6-8-18-48(34)54(3,4)50(36)24-30)52(38)46-28-44(46)42(40)26-41(39)43-27-45(43)51(31)37/h5-28H,1-4H3. The molecule has 0 nitrogen and oxygen atoms in total. The molecule has 9 aromatic rings. The summed E-state index contributed by atoms with van der Waals surface area (Å²) in [6.45, 7) is 9.51. The van der Waals surface area contributed by atoms with E-state index in [1.807, 2.05) is 0 Å². The van der Waals surface area contributed by atoms with E-state index in [9.17, 15) is 0 Å². The Morgan fingerprint density at radius 1 is 0.296 bits per heavy atom. The number of benzene rings is 9. The molecule has 0 aliphatic heterocycles. The van der Waals surface area contributed by atoms with E-state index in [-0.39, 0.29) is 10.8 Å². The van der Waals surface area contributed by atoms with Crippen LogP contribution in [0.2, 0.25) is 0 Å². The molecule has 0 spiro atoms. The van der Waals surface area contributed by atoms with Crippen LogP contribution >= 0.6 is 0 Å². The van der Waals surface area contributed by atoms with Crippen LogP contribution in [0.4, 0.5) is 0 Å². The average molecular weight is 685 g/mol. The monoisotopic (exact) mass is 684 g/mol. The first-order valence-corrected chi connectivity index (χ1v) is 19.4. The molecule has 9 aromatic carbocycles. The van der Waals surface area contributed by atoms with Gasteiger partial charge in [0.25, 0.3) is 0 Å². The molecule has 54 heavy (non-hydrogen) atoms. The predicted molar refractivity (Wildman–Crippen MR) is 227 cm³/mol. The van der Waals surface area contributed by atoms with Crippen LogP contribution in [0.3, 0.4) is 0 Å². The van der Waals surface area contributed by atoms with Gasteiger partial charge in [0, 0.05) is 23.7 Å². The molecule has 252 valence electrons. The van der Waals surface area contributed by atoms with Crippen molar-refractivity contribution in [1.29, 1.82) is 0 Å². The van der Waals surface area contributed by atoms with Crippen molar-refractivity contribution >= 4 is 43.1 Å². The van der Waals surface area contributed by atoms with E-state index in [1.54, 1.807) is 0 Å². The van der Waals surface area contributed by atoms with Gasteiger partial charge in [0.15, 0.2) is 0 Å². The first kappa shape index (κ1) is 29.5. The maximum absolute atomic E-state index is 2.52. The minimum Gasteiger partial charge on any atom is -0.0619 e. The molecular formula is C54H36. The molecule has 2 radical (unpaired) electrons. The second-order valence-corrected chi connectivity index (χ2v) is 17.2. The van der Waals surface area contributed by atoms with E-state index in [1.165, 1.54) is 132 Å². The van der Waals surface area contributed by atoms with Gasteiger partial charge in [0.05, 0.1) is 0 Å². The Hall–Kier alpha value is -5.98. The van der Waals surface area contributed by atoms with Gasteiger partial charge in [-0.3, -0.25) is 0 Å². The van der Waals surface area contributed by atoms with Crippen molar-refractivity contribution < 1.29 is 0 Å². The summed E-state index contributed by atoms with van der Waals surface area (Å²) in [6.07, 6.45) is 4.84. The van der Waals surface area contributed by atoms with Gasteiger partial charge >= 0.3 is 0 Å². The van der Waals surface area contributed by atoms with Gasteiger partial charge in [0.2, 0.25) is 0 Å². The van der Waals surface area contributed by atoms with Crippen LogP contribution in [0.15, 0.2) is 133 Å². The molecule has 4 aliphatic carbocycles. The highest BCUT2D eigenvalue weighted by molar-refractivity contribution is 6.27. The molecule has 0 fully saturated rings. The Bertz CT molecular complexity index is 3040. The maximum atomic E-state index is 2.52. The van der Waals surface area contributed by atoms with Crippen LogP contribution in [0, 0.1) is 12.8 Å². The predicted octanol–water partition coefficient (Wildman–Crippen LogP) is 14.1. The molecule has 0 bridgehead atoms. The Labute approximate surface area is 315 Å². The van der Waals surface area contributed by atoms with E-state index < -0.39 is 0 Å².